The Bertz CT molecular complexity index is 225. The number of hydrogen-bond acceptors (Lipinski definition) is 2. The van der Waals surface area contributed by atoms with Crippen LogP contribution in [0.3, 0.4) is 0 Å². The van der Waals surface area contributed by atoms with Gasteiger partial charge in [0.05, 0.1) is 24.9 Å². The van der Waals surface area contributed by atoms with Crippen LogP contribution in [0.4, 0.5) is 0 Å². The molecule has 15 heavy (non-hydrogen) atoms. The average molecular weight is 212 g/mol. The predicted molar refractivity (Wildman–Crippen MR) is 60.9 cm³/mol. The third kappa shape index (κ3) is 2.21. The van der Waals surface area contributed by atoms with E-state index in [9.17, 15) is 0 Å². The van der Waals surface area contributed by atoms with Gasteiger partial charge in [0.25, 0.3) is 0 Å². The van der Waals surface area contributed by atoms with E-state index in [2.05, 4.69) is 27.7 Å². The molecular formula is C13H24O2. The molecule has 0 aromatic heterocycles. The van der Waals surface area contributed by atoms with Gasteiger partial charge in [0, 0.05) is 5.41 Å². The van der Waals surface area contributed by atoms with Gasteiger partial charge in [-0.15, -0.1) is 0 Å². The Morgan fingerprint density at radius 2 is 1.87 bits per heavy atom. The Balaban J connectivity index is 1.89. The van der Waals surface area contributed by atoms with Gasteiger partial charge >= 0.3 is 0 Å². The number of fused-ring (bicyclic) bond motifs is 1. The fourth-order valence-electron chi connectivity index (χ4n) is 2.95. The highest BCUT2D eigenvalue weighted by atomic mass is 16.5. The molecule has 0 saturated heterocycles. The van der Waals surface area contributed by atoms with Gasteiger partial charge in [-0.3, -0.25) is 0 Å². The molecule has 0 bridgehead atoms. The fourth-order valence-corrected chi connectivity index (χ4v) is 2.95. The zero-order chi connectivity index (χ0) is 11.1. The number of ether oxygens (including phenoxy) is 2. The molecule has 0 unspecified atom stereocenters. The van der Waals surface area contributed by atoms with E-state index in [1.165, 1.54) is 19.3 Å². The van der Waals surface area contributed by atoms with Crippen molar-refractivity contribution in [2.45, 2.75) is 65.3 Å². The lowest BCUT2D eigenvalue weighted by Crippen LogP contribution is -2.30. The van der Waals surface area contributed by atoms with Gasteiger partial charge in [-0.25, -0.2) is 0 Å². The van der Waals surface area contributed by atoms with Gasteiger partial charge < -0.3 is 9.47 Å². The normalized spacial score (nSPS) is 38.8. The standard InChI is InChI=1S/C13H24O2/c1-9(2)14-8-13-7-11(13)5-6-12(13)15-10(3)4/h9-12H,5-8H2,1-4H3/t11-,12-,13-/m0/s1. The molecule has 0 spiro atoms. The molecule has 0 amide bonds. The molecule has 0 N–H and O–H groups in total. The first-order valence-corrected chi connectivity index (χ1v) is 6.31. The van der Waals surface area contributed by atoms with E-state index < -0.39 is 0 Å². The molecule has 3 atom stereocenters. The topological polar surface area (TPSA) is 18.5 Å². The maximum Gasteiger partial charge on any atom is 0.0659 e. The van der Waals surface area contributed by atoms with Gasteiger partial charge in [0.15, 0.2) is 0 Å². The van der Waals surface area contributed by atoms with Crippen LogP contribution >= 0.6 is 0 Å². The molecule has 2 aliphatic rings. The predicted octanol–water partition coefficient (Wildman–Crippen LogP) is 3.01. The Morgan fingerprint density at radius 3 is 2.40 bits per heavy atom. The van der Waals surface area contributed by atoms with Gasteiger partial charge in [0.1, 0.15) is 0 Å². The highest BCUT2D eigenvalue weighted by Gasteiger charge is 2.63. The SMILES string of the molecule is CC(C)OC[C@@]12C[C@@H]1CC[C@@H]2OC(C)C. The third-order valence-electron chi connectivity index (χ3n) is 3.82. The summed E-state index contributed by atoms with van der Waals surface area (Å²) in [5, 5.41) is 0. The van der Waals surface area contributed by atoms with Crippen molar-refractivity contribution >= 4 is 0 Å². The van der Waals surface area contributed by atoms with E-state index in [0.29, 0.717) is 23.7 Å². The van der Waals surface area contributed by atoms with Gasteiger partial charge in [-0.1, -0.05) is 0 Å². The van der Waals surface area contributed by atoms with Crippen LogP contribution in [0.1, 0.15) is 47.0 Å². The molecule has 0 aromatic carbocycles. The summed E-state index contributed by atoms with van der Waals surface area (Å²) < 4.78 is 11.8. The van der Waals surface area contributed by atoms with Gasteiger partial charge in [-0.2, -0.15) is 0 Å². The highest BCUT2D eigenvalue weighted by molar-refractivity contribution is 5.12. The fraction of sp³-hybridized carbons (Fsp3) is 1.00. The first-order valence-electron chi connectivity index (χ1n) is 6.31. The van der Waals surface area contributed by atoms with E-state index in [1.54, 1.807) is 0 Å². The summed E-state index contributed by atoms with van der Waals surface area (Å²) in [6, 6.07) is 0. The zero-order valence-corrected chi connectivity index (χ0v) is 10.5. The minimum Gasteiger partial charge on any atom is -0.378 e. The molecule has 2 nitrogen and oxygen atoms in total. The van der Waals surface area contributed by atoms with Crippen LogP contribution in [0.2, 0.25) is 0 Å². The first kappa shape index (κ1) is 11.4. The molecule has 2 rings (SSSR count). The van der Waals surface area contributed by atoms with Crippen LogP contribution in [0.15, 0.2) is 0 Å². The summed E-state index contributed by atoms with van der Waals surface area (Å²) in [7, 11) is 0. The van der Waals surface area contributed by atoms with Crippen LogP contribution in [0.25, 0.3) is 0 Å². The molecule has 2 fully saturated rings. The molecule has 0 heterocycles. The molecular weight excluding hydrogens is 188 g/mol. The summed E-state index contributed by atoms with van der Waals surface area (Å²) in [5.41, 5.74) is 0.397. The monoisotopic (exact) mass is 212 g/mol. The molecule has 2 saturated carbocycles. The Hall–Kier alpha value is -0.0800. The van der Waals surface area contributed by atoms with E-state index in [-0.39, 0.29) is 0 Å². The summed E-state index contributed by atoms with van der Waals surface area (Å²) >= 11 is 0. The summed E-state index contributed by atoms with van der Waals surface area (Å²) in [5.74, 6) is 0.889. The van der Waals surface area contributed by atoms with E-state index in [0.717, 1.165) is 12.5 Å². The van der Waals surface area contributed by atoms with Crippen LogP contribution in [0.5, 0.6) is 0 Å². The largest absolute Gasteiger partial charge is 0.378 e. The van der Waals surface area contributed by atoms with Crippen LogP contribution in [-0.2, 0) is 9.47 Å². The molecule has 0 aromatic rings. The van der Waals surface area contributed by atoms with Crippen LogP contribution in [-0.4, -0.2) is 24.9 Å². The summed E-state index contributed by atoms with van der Waals surface area (Å²) in [6.07, 6.45) is 5.08. The van der Waals surface area contributed by atoms with Gasteiger partial charge in [-0.05, 0) is 52.9 Å². The third-order valence-corrected chi connectivity index (χ3v) is 3.82. The summed E-state index contributed by atoms with van der Waals surface area (Å²) in [4.78, 5) is 0. The second-order valence-electron chi connectivity index (χ2n) is 5.74. The van der Waals surface area contributed by atoms with Crippen molar-refractivity contribution in [3.05, 3.63) is 0 Å². The van der Waals surface area contributed by atoms with Crippen LogP contribution in [0, 0.1) is 11.3 Å². The molecule has 2 heteroatoms. The van der Waals surface area contributed by atoms with Crippen molar-refractivity contribution in [3.8, 4) is 0 Å². The van der Waals surface area contributed by atoms with Crippen LogP contribution < -0.4 is 0 Å². The van der Waals surface area contributed by atoms with E-state index in [1.807, 2.05) is 0 Å². The lowest BCUT2D eigenvalue weighted by Gasteiger charge is -2.26. The average Bonchev–Trinajstić information content (AvgIpc) is 2.76. The second kappa shape index (κ2) is 4.06. The maximum absolute atomic E-state index is 6.02. The van der Waals surface area contributed by atoms with Gasteiger partial charge in [0.2, 0.25) is 0 Å². The van der Waals surface area contributed by atoms with Crippen molar-refractivity contribution in [1.82, 2.24) is 0 Å². The minimum atomic E-state index is 0.348. The summed E-state index contributed by atoms with van der Waals surface area (Å²) in [6.45, 7) is 9.40. The zero-order valence-electron chi connectivity index (χ0n) is 10.5. The Morgan fingerprint density at radius 1 is 1.13 bits per heavy atom. The maximum atomic E-state index is 6.02. The number of hydrogen-bond donors (Lipinski definition) is 0. The van der Waals surface area contributed by atoms with Crippen molar-refractivity contribution in [2.75, 3.05) is 6.61 Å². The Labute approximate surface area is 93.3 Å². The lowest BCUT2D eigenvalue weighted by molar-refractivity contribution is -0.0636. The van der Waals surface area contributed by atoms with E-state index in [4.69, 9.17) is 9.47 Å². The van der Waals surface area contributed by atoms with Crippen molar-refractivity contribution in [2.24, 2.45) is 11.3 Å². The minimum absolute atomic E-state index is 0.348. The molecule has 2 aliphatic carbocycles. The molecule has 0 radical (unpaired) electrons. The number of rotatable bonds is 5. The van der Waals surface area contributed by atoms with Crippen molar-refractivity contribution in [1.29, 1.82) is 0 Å². The highest BCUT2D eigenvalue weighted by Crippen LogP contribution is 2.64. The molecule has 88 valence electrons. The second-order valence-corrected chi connectivity index (χ2v) is 5.74. The van der Waals surface area contributed by atoms with Crippen molar-refractivity contribution in [3.63, 3.8) is 0 Å². The van der Waals surface area contributed by atoms with Crippen molar-refractivity contribution < 1.29 is 9.47 Å². The lowest BCUT2D eigenvalue weighted by atomic mass is 10.0. The quantitative estimate of drug-likeness (QED) is 0.697. The smallest absolute Gasteiger partial charge is 0.0659 e. The van der Waals surface area contributed by atoms with E-state index >= 15 is 0 Å². The Kier molecular flexibility index (Phi) is 3.09. The first-order chi connectivity index (χ1) is 7.04. The molecule has 0 aliphatic heterocycles.